The lowest BCUT2D eigenvalue weighted by atomic mass is 10.2. The quantitative estimate of drug-likeness (QED) is 0.812. The van der Waals surface area contributed by atoms with Crippen LogP contribution in [0.3, 0.4) is 0 Å². The van der Waals surface area contributed by atoms with Crippen molar-refractivity contribution in [2.75, 3.05) is 16.8 Å². The summed E-state index contributed by atoms with van der Waals surface area (Å²) >= 11 is 11.4. The van der Waals surface area contributed by atoms with Gasteiger partial charge in [0, 0.05) is 31.3 Å². The first kappa shape index (κ1) is 19.1. The van der Waals surface area contributed by atoms with Crippen LogP contribution in [-0.4, -0.2) is 18.4 Å². The summed E-state index contributed by atoms with van der Waals surface area (Å²) in [6.07, 6.45) is -0.0242. The average molecular weight is 387 g/mol. The van der Waals surface area contributed by atoms with Gasteiger partial charge in [-0.1, -0.05) is 23.2 Å². The van der Waals surface area contributed by atoms with Gasteiger partial charge in [0.15, 0.2) is 0 Å². The summed E-state index contributed by atoms with van der Waals surface area (Å²) in [5, 5.41) is 2.34. The first-order valence-electron chi connectivity index (χ1n) is 7.26. The van der Waals surface area contributed by atoms with Gasteiger partial charge in [-0.2, -0.15) is 0 Å². The number of hydrogen-bond donors (Lipinski definition) is 1. The molecule has 0 aliphatic carbocycles. The van der Waals surface area contributed by atoms with E-state index >= 15 is 0 Å². The Morgan fingerprint density at radius 1 is 1.04 bits per heavy atom. The second-order valence-corrected chi connectivity index (χ2v) is 6.01. The molecule has 0 unspecified atom stereocenters. The summed E-state index contributed by atoms with van der Waals surface area (Å²) in [7, 11) is 0. The zero-order chi connectivity index (χ0) is 18.6. The summed E-state index contributed by atoms with van der Waals surface area (Å²) in [4.78, 5) is 25.1. The van der Waals surface area contributed by atoms with Crippen LogP contribution in [0.15, 0.2) is 36.4 Å². The van der Waals surface area contributed by atoms with Crippen LogP contribution in [0.4, 0.5) is 20.2 Å². The molecule has 0 bridgehead atoms. The van der Waals surface area contributed by atoms with Gasteiger partial charge in [0.1, 0.15) is 11.6 Å². The number of carbonyl (C=O) groups is 2. The van der Waals surface area contributed by atoms with E-state index in [1.807, 2.05) is 0 Å². The van der Waals surface area contributed by atoms with E-state index in [-0.39, 0.29) is 34.8 Å². The molecule has 132 valence electrons. The number of anilines is 2. The van der Waals surface area contributed by atoms with Crippen molar-refractivity contribution in [2.45, 2.75) is 13.3 Å². The molecule has 8 heteroatoms. The molecule has 25 heavy (non-hydrogen) atoms. The molecule has 2 aromatic carbocycles. The van der Waals surface area contributed by atoms with E-state index in [1.54, 1.807) is 0 Å². The number of nitrogens with zero attached hydrogens (tertiary/aromatic N) is 1. The fourth-order valence-electron chi connectivity index (χ4n) is 2.13. The Morgan fingerprint density at radius 2 is 1.64 bits per heavy atom. The molecular formula is C17H14Cl2F2N2O2. The van der Waals surface area contributed by atoms with E-state index in [2.05, 4.69) is 5.32 Å². The Labute approximate surface area is 153 Å². The fraction of sp³-hybridized carbons (Fsp3) is 0.176. The summed E-state index contributed by atoms with van der Waals surface area (Å²) in [5.41, 5.74) is 0.729. The highest BCUT2D eigenvalue weighted by Crippen LogP contribution is 2.23. The standard InChI is InChI=1S/C17H14Cl2F2N2O2/c1-10(24)23(12-3-5-16(21)14(19)9-12)7-6-17(25)22-11-2-4-15(20)13(18)8-11/h2-5,8-9H,6-7H2,1H3,(H,22,25). The van der Waals surface area contributed by atoms with Crippen LogP contribution < -0.4 is 10.2 Å². The zero-order valence-electron chi connectivity index (χ0n) is 13.2. The third-order valence-electron chi connectivity index (χ3n) is 3.36. The smallest absolute Gasteiger partial charge is 0.226 e. The van der Waals surface area contributed by atoms with Crippen molar-refractivity contribution < 1.29 is 18.4 Å². The maximum atomic E-state index is 13.2. The number of carbonyl (C=O) groups excluding carboxylic acids is 2. The molecule has 2 aromatic rings. The van der Waals surface area contributed by atoms with Gasteiger partial charge >= 0.3 is 0 Å². The molecule has 0 aliphatic rings. The van der Waals surface area contributed by atoms with Crippen LogP contribution in [-0.2, 0) is 9.59 Å². The second-order valence-electron chi connectivity index (χ2n) is 5.20. The van der Waals surface area contributed by atoms with Crippen LogP contribution in [0.5, 0.6) is 0 Å². The van der Waals surface area contributed by atoms with Crippen molar-refractivity contribution in [3.05, 3.63) is 58.1 Å². The average Bonchev–Trinajstić information content (AvgIpc) is 2.54. The lowest BCUT2D eigenvalue weighted by molar-refractivity contribution is -0.117. The predicted molar refractivity (Wildman–Crippen MR) is 94.1 cm³/mol. The van der Waals surface area contributed by atoms with Crippen LogP contribution >= 0.6 is 23.2 Å². The summed E-state index contributed by atoms with van der Waals surface area (Å²) in [6.45, 7) is 1.40. The summed E-state index contributed by atoms with van der Waals surface area (Å²) in [6, 6.07) is 7.67. The van der Waals surface area contributed by atoms with Crippen LogP contribution in [0, 0.1) is 11.6 Å². The molecule has 0 saturated heterocycles. The molecule has 4 nitrogen and oxygen atoms in total. The van der Waals surface area contributed by atoms with E-state index < -0.39 is 11.6 Å². The molecule has 2 rings (SSSR count). The number of halogens is 4. The van der Waals surface area contributed by atoms with E-state index in [0.29, 0.717) is 11.4 Å². The molecule has 0 saturated carbocycles. The number of nitrogens with one attached hydrogen (secondary N) is 1. The molecule has 0 spiro atoms. The molecule has 1 N–H and O–H groups in total. The van der Waals surface area contributed by atoms with Gasteiger partial charge in [-0.3, -0.25) is 9.59 Å². The van der Waals surface area contributed by atoms with Gasteiger partial charge in [0.25, 0.3) is 0 Å². The molecule has 0 atom stereocenters. The monoisotopic (exact) mass is 386 g/mol. The first-order valence-corrected chi connectivity index (χ1v) is 8.01. The molecule has 0 heterocycles. The van der Waals surface area contributed by atoms with Gasteiger partial charge < -0.3 is 10.2 Å². The largest absolute Gasteiger partial charge is 0.326 e. The van der Waals surface area contributed by atoms with Crippen molar-refractivity contribution in [3.63, 3.8) is 0 Å². The number of hydrogen-bond acceptors (Lipinski definition) is 2. The van der Waals surface area contributed by atoms with Crippen LogP contribution in [0.25, 0.3) is 0 Å². The third-order valence-corrected chi connectivity index (χ3v) is 3.94. The van der Waals surface area contributed by atoms with Crippen molar-refractivity contribution in [1.29, 1.82) is 0 Å². The van der Waals surface area contributed by atoms with E-state index in [1.165, 1.54) is 36.1 Å². The summed E-state index contributed by atoms with van der Waals surface area (Å²) < 4.78 is 26.3. The normalized spacial score (nSPS) is 10.4. The molecule has 0 aliphatic heterocycles. The molecular weight excluding hydrogens is 373 g/mol. The molecule has 0 radical (unpaired) electrons. The lowest BCUT2D eigenvalue weighted by Crippen LogP contribution is -2.32. The van der Waals surface area contributed by atoms with Crippen LogP contribution in [0.1, 0.15) is 13.3 Å². The highest BCUT2D eigenvalue weighted by atomic mass is 35.5. The topological polar surface area (TPSA) is 49.4 Å². The van der Waals surface area contributed by atoms with Crippen molar-refractivity contribution in [2.24, 2.45) is 0 Å². The van der Waals surface area contributed by atoms with Gasteiger partial charge in [0.2, 0.25) is 11.8 Å². The number of benzene rings is 2. The van der Waals surface area contributed by atoms with Crippen molar-refractivity contribution >= 4 is 46.4 Å². The fourth-order valence-corrected chi connectivity index (χ4v) is 2.49. The van der Waals surface area contributed by atoms with Gasteiger partial charge in [-0.15, -0.1) is 0 Å². The van der Waals surface area contributed by atoms with Gasteiger partial charge in [0.05, 0.1) is 10.0 Å². The van der Waals surface area contributed by atoms with E-state index in [0.717, 1.165) is 12.1 Å². The summed E-state index contributed by atoms with van der Waals surface area (Å²) in [5.74, 6) is -1.89. The number of rotatable bonds is 5. The highest BCUT2D eigenvalue weighted by molar-refractivity contribution is 6.31. The Balaban J connectivity index is 2.02. The SMILES string of the molecule is CC(=O)N(CCC(=O)Nc1ccc(F)c(Cl)c1)c1ccc(F)c(Cl)c1. The molecule has 0 fully saturated rings. The molecule has 0 aromatic heterocycles. The minimum Gasteiger partial charge on any atom is -0.326 e. The van der Waals surface area contributed by atoms with Crippen molar-refractivity contribution in [1.82, 2.24) is 0 Å². The predicted octanol–water partition coefficient (Wildman–Crippen LogP) is 4.65. The molecule has 2 amide bonds. The zero-order valence-corrected chi connectivity index (χ0v) is 14.7. The Hall–Kier alpha value is -2.18. The Bertz CT molecular complexity index is 815. The lowest BCUT2D eigenvalue weighted by Gasteiger charge is -2.21. The third kappa shape index (κ3) is 5.14. The minimum atomic E-state index is -0.597. The Kier molecular flexibility index (Phi) is 6.33. The maximum Gasteiger partial charge on any atom is 0.226 e. The first-order chi connectivity index (χ1) is 11.8. The van der Waals surface area contributed by atoms with E-state index in [4.69, 9.17) is 23.2 Å². The van der Waals surface area contributed by atoms with Crippen molar-refractivity contribution in [3.8, 4) is 0 Å². The highest BCUT2D eigenvalue weighted by Gasteiger charge is 2.15. The Morgan fingerprint density at radius 3 is 2.20 bits per heavy atom. The second kappa shape index (κ2) is 8.27. The number of amides is 2. The van der Waals surface area contributed by atoms with E-state index in [9.17, 15) is 18.4 Å². The maximum absolute atomic E-state index is 13.2. The van der Waals surface area contributed by atoms with Crippen LogP contribution in [0.2, 0.25) is 10.0 Å². The van der Waals surface area contributed by atoms with Gasteiger partial charge in [-0.25, -0.2) is 8.78 Å². The minimum absolute atomic E-state index is 0.0242. The van der Waals surface area contributed by atoms with Gasteiger partial charge in [-0.05, 0) is 36.4 Å².